The van der Waals surface area contributed by atoms with Gasteiger partial charge >= 0.3 is 0 Å². The lowest BCUT2D eigenvalue weighted by atomic mass is 9.97. The fourth-order valence-electron chi connectivity index (χ4n) is 4.67. The van der Waals surface area contributed by atoms with Gasteiger partial charge in [-0.25, -0.2) is 16.8 Å². The maximum Gasteiger partial charge on any atom is 0.232 e. The minimum atomic E-state index is -3.98. The molecule has 3 N–H and O–H groups in total. The number of sulfone groups is 1. The molecule has 216 valence electrons. The van der Waals surface area contributed by atoms with Crippen molar-refractivity contribution in [1.82, 2.24) is 0 Å². The number of nitrogens with two attached hydrogens (primary N) is 1. The molecule has 0 aliphatic rings. The van der Waals surface area contributed by atoms with Gasteiger partial charge in [0, 0.05) is 11.8 Å². The molecule has 4 aromatic rings. The zero-order valence-electron chi connectivity index (χ0n) is 23.1. The molecule has 10 heteroatoms. The highest BCUT2D eigenvalue weighted by Crippen LogP contribution is 2.42. The zero-order valence-corrected chi connectivity index (χ0v) is 24.8. The molecule has 0 aliphatic carbocycles. The molecule has 4 aromatic carbocycles. The molecule has 0 heterocycles. The summed E-state index contributed by atoms with van der Waals surface area (Å²) in [5, 5.41) is 10.8. The van der Waals surface area contributed by atoms with E-state index in [9.17, 15) is 21.9 Å². The maximum absolute atomic E-state index is 13.6. The Morgan fingerprint density at radius 1 is 0.805 bits per heavy atom. The fourth-order valence-corrected chi connectivity index (χ4v) is 6.46. The van der Waals surface area contributed by atoms with Gasteiger partial charge in [0.15, 0.2) is 15.6 Å². The van der Waals surface area contributed by atoms with Gasteiger partial charge in [0.25, 0.3) is 0 Å². The van der Waals surface area contributed by atoms with Crippen LogP contribution in [0.4, 0.5) is 5.69 Å². The third-order valence-corrected chi connectivity index (χ3v) is 8.90. The minimum absolute atomic E-state index is 0.102. The third kappa shape index (κ3) is 7.53. The molecule has 2 unspecified atom stereocenters. The standard InChI is InChI=1S/C31H34N2O6S2/c1-31(32,34)27-15-10-16-28(30(27)39-22-24-13-8-5-9-14-24)33(41(3,37)38)29(21-23-11-6-4-7-12-23)25-17-19-26(20-18-25)40(2,35)36/h4-20,29,34H,21-22,32H2,1-3H3. The normalized spacial score (nSPS) is 14.2. The highest BCUT2D eigenvalue weighted by molar-refractivity contribution is 7.92. The van der Waals surface area contributed by atoms with Crippen LogP contribution in [0.5, 0.6) is 5.75 Å². The van der Waals surface area contributed by atoms with Crippen molar-refractivity contribution >= 4 is 25.5 Å². The Labute approximate surface area is 242 Å². The molecule has 2 atom stereocenters. The van der Waals surface area contributed by atoms with E-state index in [0.29, 0.717) is 5.56 Å². The summed E-state index contributed by atoms with van der Waals surface area (Å²) in [5.41, 5.74) is 6.98. The Morgan fingerprint density at radius 2 is 1.37 bits per heavy atom. The summed E-state index contributed by atoms with van der Waals surface area (Å²) >= 11 is 0. The first-order valence-electron chi connectivity index (χ1n) is 12.9. The Hall–Kier alpha value is -3.70. The molecule has 0 saturated heterocycles. The second-order valence-electron chi connectivity index (χ2n) is 10.2. The van der Waals surface area contributed by atoms with Crippen molar-refractivity contribution in [3.8, 4) is 5.75 Å². The van der Waals surface area contributed by atoms with E-state index in [4.69, 9.17) is 10.5 Å². The highest BCUT2D eigenvalue weighted by atomic mass is 32.2. The van der Waals surface area contributed by atoms with E-state index in [1.54, 1.807) is 30.3 Å². The second-order valence-corrected chi connectivity index (χ2v) is 14.1. The van der Waals surface area contributed by atoms with Crippen molar-refractivity contribution < 1.29 is 26.7 Å². The topological polar surface area (TPSA) is 127 Å². The number of aliphatic hydroxyl groups is 1. The number of para-hydroxylation sites is 1. The average molecular weight is 595 g/mol. The quantitative estimate of drug-likeness (QED) is 0.244. The molecule has 0 radical (unpaired) electrons. The molecule has 41 heavy (non-hydrogen) atoms. The first-order valence-corrected chi connectivity index (χ1v) is 16.6. The van der Waals surface area contributed by atoms with Crippen molar-refractivity contribution in [2.24, 2.45) is 5.73 Å². The molecule has 8 nitrogen and oxygen atoms in total. The van der Waals surface area contributed by atoms with Crippen LogP contribution in [0.1, 0.15) is 35.2 Å². The zero-order chi connectivity index (χ0) is 29.8. The fraction of sp³-hybridized carbons (Fsp3) is 0.226. The number of nitrogens with zero attached hydrogens (tertiary/aromatic N) is 1. The van der Waals surface area contributed by atoms with Gasteiger partial charge in [-0.3, -0.25) is 10.0 Å². The van der Waals surface area contributed by atoms with Crippen LogP contribution in [0, 0.1) is 0 Å². The summed E-state index contributed by atoms with van der Waals surface area (Å²) in [6.45, 7) is 1.50. The van der Waals surface area contributed by atoms with Crippen LogP contribution < -0.4 is 14.8 Å². The second kappa shape index (κ2) is 12.0. The molecular weight excluding hydrogens is 560 g/mol. The van der Waals surface area contributed by atoms with E-state index in [1.165, 1.54) is 23.4 Å². The van der Waals surface area contributed by atoms with Crippen molar-refractivity contribution in [3.05, 3.63) is 125 Å². The van der Waals surface area contributed by atoms with Gasteiger partial charge in [-0.05, 0) is 48.2 Å². The molecule has 0 aliphatic heterocycles. The third-order valence-electron chi connectivity index (χ3n) is 6.61. The minimum Gasteiger partial charge on any atom is -0.486 e. The Balaban J connectivity index is 1.92. The first-order chi connectivity index (χ1) is 19.2. The van der Waals surface area contributed by atoms with Crippen LogP contribution in [0.3, 0.4) is 0 Å². The van der Waals surface area contributed by atoms with Crippen molar-refractivity contribution in [3.63, 3.8) is 0 Å². The van der Waals surface area contributed by atoms with Crippen molar-refractivity contribution in [1.29, 1.82) is 0 Å². The van der Waals surface area contributed by atoms with Crippen LogP contribution >= 0.6 is 0 Å². The van der Waals surface area contributed by atoms with Gasteiger partial charge in [-0.2, -0.15) is 0 Å². The number of hydrogen-bond acceptors (Lipinski definition) is 7. The SMILES string of the molecule is CC(N)(O)c1cccc(N(C(Cc2ccccc2)c2ccc(S(C)(=O)=O)cc2)S(C)(=O)=O)c1OCc1ccccc1. The number of rotatable bonds is 11. The van der Waals surface area contributed by atoms with E-state index >= 15 is 0 Å². The molecule has 0 amide bonds. The van der Waals surface area contributed by atoms with Gasteiger partial charge in [0.05, 0.1) is 22.9 Å². The number of hydrogen-bond donors (Lipinski definition) is 2. The van der Waals surface area contributed by atoms with Gasteiger partial charge < -0.3 is 9.84 Å². The Morgan fingerprint density at radius 3 is 1.88 bits per heavy atom. The molecular formula is C31H34N2O6S2. The number of sulfonamides is 1. The van der Waals surface area contributed by atoms with E-state index in [-0.39, 0.29) is 34.9 Å². The van der Waals surface area contributed by atoms with Gasteiger partial charge in [-0.1, -0.05) is 84.9 Å². The van der Waals surface area contributed by atoms with Crippen LogP contribution in [0.25, 0.3) is 0 Å². The molecule has 0 bridgehead atoms. The molecule has 4 rings (SSSR count). The largest absolute Gasteiger partial charge is 0.486 e. The number of ether oxygens (including phenoxy) is 1. The van der Waals surface area contributed by atoms with E-state index in [2.05, 4.69) is 0 Å². The molecule has 0 spiro atoms. The van der Waals surface area contributed by atoms with Crippen LogP contribution in [0.2, 0.25) is 0 Å². The lowest BCUT2D eigenvalue weighted by molar-refractivity contribution is 0.0609. The summed E-state index contributed by atoms with van der Waals surface area (Å²) in [4.78, 5) is 0.124. The molecule has 0 saturated carbocycles. The lowest BCUT2D eigenvalue weighted by Gasteiger charge is -2.35. The van der Waals surface area contributed by atoms with Crippen molar-refractivity contribution in [2.45, 2.75) is 36.6 Å². The van der Waals surface area contributed by atoms with Crippen molar-refractivity contribution in [2.75, 3.05) is 16.8 Å². The van der Waals surface area contributed by atoms with Gasteiger partial charge in [0.2, 0.25) is 10.0 Å². The summed E-state index contributed by atoms with van der Waals surface area (Å²) in [6, 6.07) is 29.0. The number of anilines is 1. The van der Waals surface area contributed by atoms with Crippen LogP contribution in [-0.4, -0.2) is 34.5 Å². The summed E-state index contributed by atoms with van der Waals surface area (Å²) in [6.07, 6.45) is 2.49. The lowest BCUT2D eigenvalue weighted by Crippen LogP contribution is -2.37. The average Bonchev–Trinajstić information content (AvgIpc) is 2.91. The van der Waals surface area contributed by atoms with E-state index in [1.807, 2.05) is 60.7 Å². The van der Waals surface area contributed by atoms with E-state index in [0.717, 1.165) is 23.6 Å². The molecule has 0 aromatic heterocycles. The summed E-state index contributed by atoms with van der Waals surface area (Å²) in [5.74, 6) is 0.125. The van der Waals surface area contributed by atoms with Crippen LogP contribution in [0.15, 0.2) is 108 Å². The maximum atomic E-state index is 13.6. The predicted molar refractivity (Wildman–Crippen MR) is 161 cm³/mol. The highest BCUT2D eigenvalue weighted by Gasteiger charge is 2.34. The predicted octanol–water partition coefficient (Wildman–Crippen LogP) is 4.54. The van der Waals surface area contributed by atoms with Gasteiger partial charge in [0.1, 0.15) is 12.3 Å². The Kier molecular flexibility index (Phi) is 8.89. The number of benzene rings is 4. The smallest absolute Gasteiger partial charge is 0.232 e. The van der Waals surface area contributed by atoms with E-state index < -0.39 is 31.6 Å². The monoisotopic (exact) mass is 594 g/mol. The van der Waals surface area contributed by atoms with Crippen LogP contribution in [-0.2, 0) is 38.6 Å². The molecule has 0 fully saturated rings. The Bertz CT molecular complexity index is 1690. The summed E-state index contributed by atoms with van der Waals surface area (Å²) < 4.78 is 59.0. The van der Waals surface area contributed by atoms with Gasteiger partial charge in [-0.15, -0.1) is 0 Å². The summed E-state index contributed by atoms with van der Waals surface area (Å²) in [7, 11) is -7.44. The first kappa shape index (κ1) is 30.3.